The first kappa shape index (κ1) is 12.6. The van der Waals surface area contributed by atoms with Crippen LogP contribution in [0.25, 0.3) is 33.5 Å². The van der Waals surface area contributed by atoms with E-state index in [1.807, 2.05) is 30.3 Å². The molecule has 0 saturated heterocycles. The highest BCUT2D eigenvalue weighted by Crippen LogP contribution is 2.29. The third-order valence-electron chi connectivity index (χ3n) is 3.28. The smallest absolute Gasteiger partial charge is 0.179 e. The average Bonchev–Trinajstić information content (AvgIpc) is 2.90. The van der Waals surface area contributed by atoms with Gasteiger partial charge in [-0.2, -0.15) is 0 Å². The number of nitrogens with one attached hydrogen (secondary N) is 1. The summed E-state index contributed by atoms with van der Waals surface area (Å²) in [7, 11) is 0. The summed E-state index contributed by atoms with van der Waals surface area (Å²) in [5.41, 5.74) is 3.17. The molecule has 3 aromatic heterocycles. The van der Waals surface area contributed by atoms with E-state index >= 15 is 0 Å². The van der Waals surface area contributed by atoms with Crippen molar-refractivity contribution in [2.24, 2.45) is 0 Å². The summed E-state index contributed by atoms with van der Waals surface area (Å²) in [6, 6.07) is 11.6. The fourth-order valence-electron chi connectivity index (χ4n) is 2.33. The Morgan fingerprint density at radius 1 is 1.00 bits per heavy atom. The molecule has 0 saturated carbocycles. The summed E-state index contributed by atoms with van der Waals surface area (Å²) < 4.78 is 0. The van der Waals surface area contributed by atoms with E-state index in [2.05, 4.69) is 19.9 Å². The maximum Gasteiger partial charge on any atom is 0.179 e. The number of pyridine rings is 2. The molecule has 4 rings (SSSR count). The van der Waals surface area contributed by atoms with Gasteiger partial charge in [-0.3, -0.25) is 4.98 Å². The molecule has 0 spiro atoms. The molecule has 0 aliphatic carbocycles. The van der Waals surface area contributed by atoms with Gasteiger partial charge in [0.25, 0.3) is 0 Å². The number of nitrogens with zero attached hydrogens (tertiary/aromatic N) is 3. The first-order chi connectivity index (χ1) is 10.2. The van der Waals surface area contributed by atoms with E-state index in [1.54, 1.807) is 12.3 Å². The molecule has 0 amide bonds. The lowest BCUT2D eigenvalue weighted by Gasteiger charge is -2.02. The molecule has 0 bridgehead atoms. The van der Waals surface area contributed by atoms with Gasteiger partial charge in [0.05, 0.1) is 16.1 Å². The van der Waals surface area contributed by atoms with Crippen LogP contribution in [0.1, 0.15) is 0 Å². The van der Waals surface area contributed by atoms with Gasteiger partial charge in [-0.05, 0) is 18.2 Å². The first-order valence-corrected chi connectivity index (χ1v) is 7.04. The first-order valence-electron chi connectivity index (χ1n) is 6.28. The molecular weight excluding hydrogens is 307 g/mol. The standard InChI is InChI=1S/C15H8Cl2N4/c16-10-7-12-15(20-13(10)17)21-14(19-12)9-3-1-5-11-8(9)4-2-6-18-11/h1-7H,(H,19,20,21). The van der Waals surface area contributed by atoms with E-state index < -0.39 is 0 Å². The molecular formula is C15H8Cl2N4. The summed E-state index contributed by atoms with van der Waals surface area (Å²) >= 11 is 11.9. The molecule has 4 aromatic rings. The minimum Gasteiger partial charge on any atom is -0.337 e. The minimum absolute atomic E-state index is 0.252. The van der Waals surface area contributed by atoms with Gasteiger partial charge in [0.1, 0.15) is 11.0 Å². The van der Waals surface area contributed by atoms with Crippen LogP contribution in [0.4, 0.5) is 0 Å². The molecule has 6 heteroatoms. The van der Waals surface area contributed by atoms with Gasteiger partial charge < -0.3 is 4.98 Å². The van der Waals surface area contributed by atoms with Crippen molar-refractivity contribution in [2.45, 2.75) is 0 Å². The topological polar surface area (TPSA) is 54.5 Å². The zero-order valence-corrected chi connectivity index (χ0v) is 12.2. The zero-order chi connectivity index (χ0) is 14.4. The maximum absolute atomic E-state index is 5.99. The molecule has 0 atom stereocenters. The molecule has 0 unspecified atom stereocenters. The molecule has 21 heavy (non-hydrogen) atoms. The largest absolute Gasteiger partial charge is 0.337 e. The van der Waals surface area contributed by atoms with E-state index in [0.29, 0.717) is 10.7 Å². The molecule has 102 valence electrons. The maximum atomic E-state index is 5.99. The third-order valence-corrected chi connectivity index (χ3v) is 3.96. The normalized spacial score (nSPS) is 11.3. The van der Waals surface area contributed by atoms with Crippen molar-refractivity contribution >= 4 is 45.3 Å². The van der Waals surface area contributed by atoms with Gasteiger partial charge in [-0.1, -0.05) is 41.4 Å². The highest BCUT2D eigenvalue weighted by atomic mass is 35.5. The van der Waals surface area contributed by atoms with Crippen LogP contribution in [0.3, 0.4) is 0 Å². The van der Waals surface area contributed by atoms with Gasteiger partial charge in [0.15, 0.2) is 5.65 Å². The summed E-state index contributed by atoms with van der Waals surface area (Å²) in [6.07, 6.45) is 1.77. The van der Waals surface area contributed by atoms with Crippen LogP contribution in [0.5, 0.6) is 0 Å². The molecule has 0 aliphatic heterocycles. The Hall–Kier alpha value is -2.17. The number of hydrogen-bond acceptors (Lipinski definition) is 3. The van der Waals surface area contributed by atoms with Crippen LogP contribution in [-0.4, -0.2) is 19.9 Å². The van der Waals surface area contributed by atoms with Gasteiger partial charge in [0.2, 0.25) is 0 Å². The lowest BCUT2D eigenvalue weighted by molar-refractivity contribution is 1.30. The minimum atomic E-state index is 0.252. The number of benzene rings is 1. The second-order valence-electron chi connectivity index (χ2n) is 4.59. The Balaban J connectivity index is 2.00. The van der Waals surface area contributed by atoms with Gasteiger partial charge in [-0.15, -0.1) is 0 Å². The summed E-state index contributed by atoms with van der Waals surface area (Å²) in [5, 5.41) is 1.68. The Morgan fingerprint density at radius 2 is 1.90 bits per heavy atom. The van der Waals surface area contributed by atoms with Crippen LogP contribution in [0.2, 0.25) is 10.2 Å². The van der Waals surface area contributed by atoms with Crippen LogP contribution in [0.15, 0.2) is 42.6 Å². The van der Waals surface area contributed by atoms with Crippen molar-refractivity contribution in [1.29, 1.82) is 0 Å². The summed E-state index contributed by atoms with van der Waals surface area (Å²) in [5.74, 6) is 0.717. The SMILES string of the molecule is Clc1cc2[nH]c(-c3cccc4ncccc34)nc2nc1Cl. The van der Waals surface area contributed by atoms with Crippen LogP contribution >= 0.6 is 23.2 Å². The number of aromatic amines is 1. The second-order valence-corrected chi connectivity index (χ2v) is 5.36. The Kier molecular flexibility index (Phi) is 2.80. The van der Waals surface area contributed by atoms with Crippen LogP contribution in [0, 0.1) is 0 Å². The van der Waals surface area contributed by atoms with Crippen molar-refractivity contribution in [1.82, 2.24) is 19.9 Å². The number of aromatic nitrogens is 4. The lowest BCUT2D eigenvalue weighted by atomic mass is 10.1. The van der Waals surface area contributed by atoms with Crippen LogP contribution in [-0.2, 0) is 0 Å². The second kappa shape index (κ2) is 4.69. The fourth-order valence-corrected chi connectivity index (χ4v) is 2.62. The predicted molar refractivity (Wildman–Crippen MR) is 84.6 cm³/mol. The van der Waals surface area contributed by atoms with Crippen molar-refractivity contribution < 1.29 is 0 Å². The fraction of sp³-hybridized carbons (Fsp3) is 0. The number of hydrogen-bond donors (Lipinski definition) is 1. The van der Waals surface area contributed by atoms with E-state index in [4.69, 9.17) is 23.2 Å². The third kappa shape index (κ3) is 2.04. The van der Waals surface area contributed by atoms with Crippen molar-refractivity contribution in [3.05, 3.63) is 52.8 Å². The van der Waals surface area contributed by atoms with Crippen LogP contribution < -0.4 is 0 Å². The number of imidazole rings is 1. The summed E-state index contributed by atoms with van der Waals surface area (Å²) in [4.78, 5) is 16.3. The van der Waals surface area contributed by atoms with Crippen molar-refractivity contribution in [3.63, 3.8) is 0 Å². The van der Waals surface area contributed by atoms with E-state index in [-0.39, 0.29) is 5.15 Å². The Labute approximate surface area is 129 Å². The molecule has 0 aliphatic rings. The molecule has 0 fully saturated rings. The average molecular weight is 315 g/mol. The van der Waals surface area contributed by atoms with Gasteiger partial charge in [-0.25, -0.2) is 9.97 Å². The summed E-state index contributed by atoms with van der Waals surface area (Å²) in [6.45, 7) is 0. The predicted octanol–water partition coefficient (Wildman–Crippen LogP) is 4.48. The molecule has 1 N–H and O–H groups in total. The molecule has 0 radical (unpaired) electrons. The highest BCUT2D eigenvalue weighted by Gasteiger charge is 2.11. The number of H-pyrrole nitrogens is 1. The van der Waals surface area contributed by atoms with Crippen molar-refractivity contribution in [3.8, 4) is 11.4 Å². The lowest BCUT2D eigenvalue weighted by Crippen LogP contribution is -1.85. The zero-order valence-electron chi connectivity index (χ0n) is 10.6. The Bertz CT molecular complexity index is 934. The monoisotopic (exact) mass is 314 g/mol. The van der Waals surface area contributed by atoms with E-state index in [1.165, 1.54) is 0 Å². The number of rotatable bonds is 1. The highest BCUT2D eigenvalue weighted by molar-refractivity contribution is 6.41. The molecule has 4 nitrogen and oxygen atoms in total. The van der Waals surface area contributed by atoms with E-state index in [0.717, 1.165) is 27.8 Å². The quantitative estimate of drug-likeness (QED) is 0.527. The number of fused-ring (bicyclic) bond motifs is 2. The Morgan fingerprint density at radius 3 is 2.81 bits per heavy atom. The molecule has 1 aromatic carbocycles. The number of halogens is 2. The molecule has 3 heterocycles. The van der Waals surface area contributed by atoms with Crippen molar-refractivity contribution in [2.75, 3.05) is 0 Å². The van der Waals surface area contributed by atoms with Gasteiger partial charge >= 0.3 is 0 Å². The van der Waals surface area contributed by atoms with E-state index in [9.17, 15) is 0 Å². The van der Waals surface area contributed by atoms with Gasteiger partial charge in [0, 0.05) is 17.1 Å².